The lowest BCUT2D eigenvalue weighted by Gasteiger charge is -2.09. The molecule has 0 heterocycles. The number of hydrogen-bond donors (Lipinski definition) is 1. The molecular formula is C13H10Cl2FNOS. The Morgan fingerprint density at radius 1 is 1.16 bits per heavy atom. The lowest BCUT2D eigenvalue weighted by Crippen LogP contribution is -1.94. The first kappa shape index (κ1) is 14.3. The molecule has 19 heavy (non-hydrogen) atoms. The number of rotatable bonds is 3. The Kier molecular flexibility index (Phi) is 4.45. The lowest BCUT2D eigenvalue weighted by atomic mass is 10.3. The van der Waals surface area contributed by atoms with Crippen LogP contribution in [-0.4, -0.2) is 7.11 Å². The summed E-state index contributed by atoms with van der Waals surface area (Å²) in [5, 5.41) is 0.940. The zero-order valence-electron chi connectivity index (χ0n) is 9.91. The number of nitrogens with two attached hydrogens (primary N) is 1. The summed E-state index contributed by atoms with van der Waals surface area (Å²) in [6.07, 6.45) is 0. The van der Waals surface area contributed by atoms with Crippen molar-refractivity contribution in [1.82, 2.24) is 0 Å². The van der Waals surface area contributed by atoms with Gasteiger partial charge in [0.15, 0.2) is 11.6 Å². The maximum Gasteiger partial charge on any atom is 0.167 e. The van der Waals surface area contributed by atoms with E-state index in [1.54, 1.807) is 18.2 Å². The largest absolute Gasteiger partial charge is 0.494 e. The fraction of sp³-hybridized carbons (Fsp3) is 0.0769. The molecule has 0 aliphatic rings. The maximum absolute atomic E-state index is 13.4. The van der Waals surface area contributed by atoms with Gasteiger partial charge in [-0.3, -0.25) is 0 Å². The van der Waals surface area contributed by atoms with Gasteiger partial charge in [0.05, 0.1) is 17.2 Å². The molecule has 0 aliphatic carbocycles. The highest BCUT2D eigenvalue weighted by Gasteiger charge is 2.10. The number of anilines is 1. The van der Waals surface area contributed by atoms with Gasteiger partial charge in [0.1, 0.15) is 0 Å². The van der Waals surface area contributed by atoms with Gasteiger partial charge >= 0.3 is 0 Å². The summed E-state index contributed by atoms with van der Waals surface area (Å²) in [7, 11) is 1.40. The first-order valence-corrected chi connectivity index (χ1v) is 6.84. The molecular weight excluding hydrogens is 308 g/mol. The predicted octanol–water partition coefficient (Wildman–Crippen LogP) is 4.87. The minimum Gasteiger partial charge on any atom is -0.494 e. The van der Waals surface area contributed by atoms with Gasteiger partial charge in [-0.25, -0.2) is 4.39 Å². The normalized spacial score (nSPS) is 10.5. The fourth-order valence-corrected chi connectivity index (χ4v) is 2.73. The average Bonchev–Trinajstić information content (AvgIpc) is 2.37. The van der Waals surface area contributed by atoms with Crippen LogP contribution in [0.2, 0.25) is 10.0 Å². The molecule has 0 radical (unpaired) electrons. The second-order valence-electron chi connectivity index (χ2n) is 3.70. The molecule has 0 amide bonds. The average molecular weight is 318 g/mol. The Bertz CT molecular complexity index is 622. The third-order valence-corrected chi connectivity index (χ3v) is 4.21. The van der Waals surface area contributed by atoms with Crippen molar-refractivity contribution < 1.29 is 9.13 Å². The van der Waals surface area contributed by atoms with Crippen molar-refractivity contribution in [3.63, 3.8) is 0 Å². The molecule has 0 spiro atoms. The minimum atomic E-state index is -0.488. The Morgan fingerprint density at radius 3 is 2.53 bits per heavy atom. The van der Waals surface area contributed by atoms with E-state index < -0.39 is 5.82 Å². The van der Waals surface area contributed by atoms with Gasteiger partial charge in [-0.05, 0) is 24.3 Å². The number of nitrogen functional groups attached to an aromatic ring is 1. The van der Waals surface area contributed by atoms with Gasteiger partial charge in [0.25, 0.3) is 0 Å². The third-order valence-electron chi connectivity index (χ3n) is 2.40. The summed E-state index contributed by atoms with van der Waals surface area (Å²) in [5.41, 5.74) is 6.13. The second-order valence-corrected chi connectivity index (χ2v) is 5.63. The molecule has 0 bridgehead atoms. The van der Waals surface area contributed by atoms with Crippen molar-refractivity contribution in [2.45, 2.75) is 9.79 Å². The van der Waals surface area contributed by atoms with E-state index in [0.29, 0.717) is 20.6 Å². The van der Waals surface area contributed by atoms with Crippen LogP contribution in [0.4, 0.5) is 10.1 Å². The molecule has 6 heteroatoms. The molecule has 0 aliphatic heterocycles. The Morgan fingerprint density at radius 2 is 1.89 bits per heavy atom. The van der Waals surface area contributed by atoms with Crippen molar-refractivity contribution in [1.29, 1.82) is 0 Å². The molecule has 0 saturated carbocycles. The highest BCUT2D eigenvalue weighted by atomic mass is 35.5. The van der Waals surface area contributed by atoms with Gasteiger partial charge in [-0.1, -0.05) is 35.0 Å². The van der Waals surface area contributed by atoms with E-state index in [2.05, 4.69) is 0 Å². The van der Waals surface area contributed by atoms with Crippen LogP contribution >= 0.6 is 35.0 Å². The molecule has 2 aromatic rings. The summed E-state index contributed by atoms with van der Waals surface area (Å²) >= 11 is 13.2. The second kappa shape index (κ2) is 5.90. The smallest absolute Gasteiger partial charge is 0.167 e. The van der Waals surface area contributed by atoms with Crippen LogP contribution in [0.3, 0.4) is 0 Å². The van der Waals surface area contributed by atoms with E-state index >= 15 is 0 Å². The Balaban J connectivity index is 2.34. The number of benzene rings is 2. The highest BCUT2D eigenvalue weighted by molar-refractivity contribution is 7.99. The third kappa shape index (κ3) is 3.26. The van der Waals surface area contributed by atoms with Crippen LogP contribution < -0.4 is 10.5 Å². The molecule has 0 unspecified atom stereocenters. The van der Waals surface area contributed by atoms with Crippen LogP contribution in [0.5, 0.6) is 5.75 Å². The number of ether oxygens (including phenoxy) is 1. The van der Waals surface area contributed by atoms with E-state index in [0.717, 1.165) is 4.90 Å². The van der Waals surface area contributed by atoms with Gasteiger partial charge in [0, 0.05) is 21.5 Å². The highest BCUT2D eigenvalue weighted by Crippen LogP contribution is 2.37. The molecule has 0 atom stereocenters. The number of methoxy groups -OCH3 is 1. The minimum absolute atomic E-state index is 0.150. The molecule has 0 aromatic heterocycles. The molecule has 0 fully saturated rings. The summed E-state index contributed by atoms with van der Waals surface area (Å²) in [5.74, 6) is -0.338. The summed E-state index contributed by atoms with van der Waals surface area (Å²) in [6, 6.07) is 8.03. The van der Waals surface area contributed by atoms with E-state index in [1.807, 2.05) is 6.07 Å². The van der Waals surface area contributed by atoms with Crippen LogP contribution in [0.25, 0.3) is 0 Å². The first-order valence-electron chi connectivity index (χ1n) is 5.27. The SMILES string of the molecule is COc1cc(Sc2ccc(Cl)c(Cl)c2)c(N)cc1F. The van der Waals surface area contributed by atoms with Crippen LogP contribution in [0.15, 0.2) is 40.1 Å². The molecule has 0 saturated heterocycles. The van der Waals surface area contributed by atoms with Gasteiger partial charge in [-0.2, -0.15) is 0 Å². The van der Waals surface area contributed by atoms with Gasteiger partial charge < -0.3 is 10.5 Å². The Labute approximate surface area is 124 Å². The van der Waals surface area contributed by atoms with E-state index in [9.17, 15) is 4.39 Å². The van der Waals surface area contributed by atoms with Crippen molar-refractivity contribution in [2.24, 2.45) is 0 Å². The number of halogens is 3. The standard InChI is InChI=1S/C13H10Cl2FNOS/c1-18-12-6-13(11(17)5-10(12)16)19-7-2-3-8(14)9(15)4-7/h2-6H,17H2,1H3. The summed E-state index contributed by atoms with van der Waals surface area (Å²) in [6.45, 7) is 0. The monoisotopic (exact) mass is 317 g/mol. The molecule has 2 N–H and O–H groups in total. The van der Waals surface area contributed by atoms with E-state index in [1.165, 1.54) is 24.9 Å². The molecule has 2 nitrogen and oxygen atoms in total. The van der Waals surface area contributed by atoms with Gasteiger partial charge in [-0.15, -0.1) is 0 Å². The molecule has 2 rings (SSSR count). The van der Waals surface area contributed by atoms with Crippen molar-refractivity contribution in [2.75, 3.05) is 12.8 Å². The van der Waals surface area contributed by atoms with Crippen molar-refractivity contribution in [3.05, 3.63) is 46.2 Å². The zero-order valence-corrected chi connectivity index (χ0v) is 12.2. The Hall–Kier alpha value is -1.10. The van der Waals surface area contributed by atoms with E-state index in [-0.39, 0.29) is 5.75 Å². The topological polar surface area (TPSA) is 35.2 Å². The fourth-order valence-electron chi connectivity index (χ4n) is 1.46. The summed E-state index contributed by atoms with van der Waals surface area (Å²) in [4.78, 5) is 1.55. The van der Waals surface area contributed by atoms with E-state index in [4.69, 9.17) is 33.7 Å². The first-order chi connectivity index (χ1) is 9.01. The van der Waals surface area contributed by atoms with Crippen LogP contribution in [0, 0.1) is 5.82 Å². The quantitative estimate of drug-likeness (QED) is 0.820. The summed E-state index contributed by atoms with van der Waals surface area (Å²) < 4.78 is 18.4. The van der Waals surface area contributed by atoms with Gasteiger partial charge in [0.2, 0.25) is 0 Å². The predicted molar refractivity (Wildman–Crippen MR) is 77.9 cm³/mol. The zero-order chi connectivity index (χ0) is 14.0. The van der Waals surface area contributed by atoms with Crippen LogP contribution in [-0.2, 0) is 0 Å². The van der Waals surface area contributed by atoms with Crippen molar-refractivity contribution >= 4 is 40.7 Å². The molecule has 2 aromatic carbocycles. The number of hydrogen-bond acceptors (Lipinski definition) is 3. The maximum atomic E-state index is 13.4. The molecule has 100 valence electrons. The van der Waals surface area contributed by atoms with Crippen molar-refractivity contribution in [3.8, 4) is 5.75 Å². The van der Waals surface area contributed by atoms with Crippen LogP contribution in [0.1, 0.15) is 0 Å². The lowest BCUT2D eigenvalue weighted by molar-refractivity contribution is 0.385.